The molecule has 1 aliphatic heterocycles. The molecule has 1 amide bonds. The first kappa shape index (κ1) is 24.7. The fraction of sp³-hybridized carbons (Fsp3) is 0.333. The summed E-state index contributed by atoms with van der Waals surface area (Å²) in [6.45, 7) is -0.0595. The van der Waals surface area contributed by atoms with Gasteiger partial charge in [-0.25, -0.2) is 9.78 Å². The van der Waals surface area contributed by atoms with E-state index in [9.17, 15) is 18.0 Å². The van der Waals surface area contributed by atoms with Gasteiger partial charge in [-0.1, -0.05) is 24.3 Å². The van der Waals surface area contributed by atoms with Gasteiger partial charge in [-0.05, 0) is 30.2 Å². The van der Waals surface area contributed by atoms with E-state index >= 15 is 0 Å². The largest absolute Gasteiger partial charge is 0.489 e. The number of halogens is 3. The Kier molecular flexibility index (Phi) is 6.56. The van der Waals surface area contributed by atoms with Crippen LogP contribution in [0.2, 0.25) is 0 Å². The van der Waals surface area contributed by atoms with E-state index in [0.717, 1.165) is 5.39 Å². The van der Waals surface area contributed by atoms with E-state index in [1.54, 1.807) is 24.3 Å². The highest BCUT2D eigenvalue weighted by atomic mass is 19.4. The summed E-state index contributed by atoms with van der Waals surface area (Å²) in [5.74, 6) is 0.710. The van der Waals surface area contributed by atoms with Crippen molar-refractivity contribution in [1.82, 2.24) is 29.8 Å². The van der Waals surface area contributed by atoms with Gasteiger partial charge >= 0.3 is 12.3 Å². The van der Waals surface area contributed by atoms with Crippen LogP contribution in [0.25, 0.3) is 28.1 Å². The summed E-state index contributed by atoms with van der Waals surface area (Å²) >= 11 is 0. The van der Waals surface area contributed by atoms with Gasteiger partial charge < -0.3 is 20.3 Å². The minimum atomic E-state index is -4.60. The van der Waals surface area contributed by atoms with Gasteiger partial charge in [0, 0.05) is 30.7 Å². The zero-order valence-corrected chi connectivity index (χ0v) is 19.4. The number of para-hydroxylation sites is 1. The quantitative estimate of drug-likeness (QED) is 0.342. The lowest BCUT2D eigenvalue weighted by atomic mass is 10.1. The van der Waals surface area contributed by atoms with Crippen molar-refractivity contribution in [2.75, 3.05) is 26.3 Å². The lowest BCUT2D eigenvalue weighted by Gasteiger charge is -2.30. The molecular weight excluding hydrogens is 493 g/mol. The number of carboxylic acid groups (broad SMARTS) is 1. The van der Waals surface area contributed by atoms with Crippen LogP contribution in [0.4, 0.5) is 18.0 Å². The number of aliphatic hydroxyl groups excluding tert-OH is 1. The standard InChI is InChI=1S/C24H23F3N6O4/c25-24(26,27)21(32-9-8-16(13-32)28-23(35)36)15-5-7-19-30-31-22(33(19)12-15)17-6-4-14-2-1-3-18(20(14)29-17)37-11-10-34/h1-7,12,16,21,28,34H,8-11,13H2,(H,35,36)/t16-,21+/m0/s1. The Morgan fingerprint density at radius 3 is 2.78 bits per heavy atom. The summed E-state index contributed by atoms with van der Waals surface area (Å²) in [5.41, 5.74) is 1.22. The van der Waals surface area contributed by atoms with E-state index in [1.807, 2.05) is 6.07 Å². The third kappa shape index (κ3) is 5.00. The lowest BCUT2D eigenvalue weighted by molar-refractivity contribution is -0.184. The molecule has 0 bridgehead atoms. The zero-order valence-electron chi connectivity index (χ0n) is 19.4. The average molecular weight is 516 g/mol. The molecule has 0 unspecified atom stereocenters. The minimum Gasteiger partial charge on any atom is -0.489 e. The van der Waals surface area contributed by atoms with Crippen LogP contribution in [0.1, 0.15) is 18.0 Å². The molecule has 37 heavy (non-hydrogen) atoms. The number of nitrogens with zero attached hydrogens (tertiary/aromatic N) is 5. The van der Waals surface area contributed by atoms with Crippen LogP contribution in [-0.4, -0.2) is 79.3 Å². The molecule has 1 fully saturated rings. The molecule has 1 aliphatic rings. The van der Waals surface area contributed by atoms with E-state index in [2.05, 4.69) is 20.5 Å². The van der Waals surface area contributed by atoms with Crippen molar-refractivity contribution in [2.45, 2.75) is 24.7 Å². The highest BCUT2D eigenvalue weighted by Gasteiger charge is 2.47. The Balaban J connectivity index is 1.53. The molecule has 13 heteroatoms. The van der Waals surface area contributed by atoms with Crippen molar-refractivity contribution in [1.29, 1.82) is 0 Å². The summed E-state index contributed by atoms with van der Waals surface area (Å²) in [6.07, 6.45) is -4.24. The van der Waals surface area contributed by atoms with E-state index in [0.29, 0.717) is 22.6 Å². The van der Waals surface area contributed by atoms with Crippen molar-refractivity contribution >= 4 is 22.6 Å². The molecular formula is C24H23F3N6O4. The number of carbonyl (C=O) groups is 1. The average Bonchev–Trinajstić information content (AvgIpc) is 3.48. The number of likely N-dealkylation sites (tertiary alicyclic amines) is 1. The third-order valence-electron chi connectivity index (χ3n) is 6.22. The number of ether oxygens (including phenoxy) is 1. The molecule has 3 aromatic heterocycles. The number of benzene rings is 1. The van der Waals surface area contributed by atoms with Crippen molar-refractivity contribution in [3.05, 3.63) is 54.2 Å². The molecule has 0 radical (unpaired) electrons. The normalized spacial score (nSPS) is 17.4. The number of rotatable bonds is 7. The summed E-state index contributed by atoms with van der Waals surface area (Å²) in [5, 5.41) is 29.4. The van der Waals surface area contributed by atoms with Crippen LogP contribution in [0.5, 0.6) is 5.75 Å². The van der Waals surface area contributed by atoms with Crippen LogP contribution in [-0.2, 0) is 0 Å². The molecule has 1 saturated heterocycles. The number of fused-ring (bicyclic) bond motifs is 2. The van der Waals surface area contributed by atoms with Crippen LogP contribution in [0.15, 0.2) is 48.7 Å². The van der Waals surface area contributed by atoms with Gasteiger partial charge in [-0.15, -0.1) is 10.2 Å². The second kappa shape index (κ2) is 9.82. The predicted molar refractivity (Wildman–Crippen MR) is 126 cm³/mol. The Morgan fingerprint density at radius 2 is 2.03 bits per heavy atom. The Labute approximate surface area is 208 Å². The topological polar surface area (TPSA) is 125 Å². The zero-order chi connectivity index (χ0) is 26.2. The molecule has 3 N–H and O–H groups in total. The number of nitrogens with one attached hydrogen (secondary N) is 1. The summed E-state index contributed by atoms with van der Waals surface area (Å²) in [6, 6.07) is 9.15. The minimum absolute atomic E-state index is 0.0233. The van der Waals surface area contributed by atoms with Gasteiger partial charge in [0.05, 0.1) is 6.61 Å². The number of aliphatic hydroxyl groups is 1. The third-order valence-corrected chi connectivity index (χ3v) is 6.22. The summed E-state index contributed by atoms with van der Waals surface area (Å²) in [7, 11) is 0. The van der Waals surface area contributed by atoms with E-state index in [4.69, 9.17) is 14.9 Å². The van der Waals surface area contributed by atoms with Crippen molar-refractivity contribution < 1.29 is 32.9 Å². The van der Waals surface area contributed by atoms with Crippen molar-refractivity contribution in [3.8, 4) is 17.3 Å². The van der Waals surface area contributed by atoms with E-state index in [1.165, 1.54) is 27.6 Å². The first-order valence-corrected chi connectivity index (χ1v) is 11.5. The van der Waals surface area contributed by atoms with Crippen LogP contribution < -0.4 is 10.1 Å². The number of aromatic nitrogens is 4. The summed E-state index contributed by atoms with van der Waals surface area (Å²) in [4.78, 5) is 16.8. The van der Waals surface area contributed by atoms with Gasteiger partial charge in [-0.3, -0.25) is 9.30 Å². The molecule has 5 rings (SSSR count). The Morgan fingerprint density at radius 1 is 1.19 bits per heavy atom. The van der Waals surface area contributed by atoms with Crippen LogP contribution >= 0.6 is 0 Å². The van der Waals surface area contributed by atoms with Gasteiger partial charge in [0.25, 0.3) is 0 Å². The second-order valence-corrected chi connectivity index (χ2v) is 8.68. The maximum absolute atomic E-state index is 14.3. The lowest BCUT2D eigenvalue weighted by Crippen LogP contribution is -2.40. The second-order valence-electron chi connectivity index (χ2n) is 8.68. The van der Waals surface area contributed by atoms with E-state index in [-0.39, 0.29) is 44.1 Å². The number of pyridine rings is 2. The fourth-order valence-corrected chi connectivity index (χ4v) is 4.68. The van der Waals surface area contributed by atoms with E-state index < -0.39 is 24.4 Å². The highest BCUT2D eigenvalue weighted by Crippen LogP contribution is 2.40. The smallest absolute Gasteiger partial charge is 0.408 e. The molecule has 0 saturated carbocycles. The van der Waals surface area contributed by atoms with Crippen LogP contribution in [0.3, 0.4) is 0 Å². The summed E-state index contributed by atoms with van der Waals surface area (Å²) < 4.78 is 49.8. The number of amides is 1. The first-order valence-electron chi connectivity index (χ1n) is 11.5. The molecule has 0 spiro atoms. The molecule has 1 aromatic carbocycles. The highest BCUT2D eigenvalue weighted by molar-refractivity contribution is 5.86. The maximum Gasteiger partial charge on any atom is 0.408 e. The molecule has 4 aromatic rings. The van der Waals surface area contributed by atoms with Gasteiger partial charge in [0.1, 0.15) is 29.6 Å². The monoisotopic (exact) mass is 516 g/mol. The van der Waals surface area contributed by atoms with Gasteiger partial charge in [0.15, 0.2) is 11.5 Å². The Hall–Kier alpha value is -3.97. The van der Waals surface area contributed by atoms with Crippen molar-refractivity contribution in [3.63, 3.8) is 0 Å². The molecule has 0 aliphatic carbocycles. The number of hydrogen-bond donors (Lipinski definition) is 3. The number of hydrogen-bond acceptors (Lipinski definition) is 7. The van der Waals surface area contributed by atoms with Gasteiger partial charge in [0.2, 0.25) is 0 Å². The molecule has 194 valence electrons. The van der Waals surface area contributed by atoms with Gasteiger partial charge in [-0.2, -0.15) is 13.2 Å². The fourth-order valence-electron chi connectivity index (χ4n) is 4.68. The number of alkyl halides is 3. The maximum atomic E-state index is 14.3. The molecule has 4 heterocycles. The van der Waals surface area contributed by atoms with Crippen LogP contribution in [0, 0.1) is 0 Å². The van der Waals surface area contributed by atoms with Crippen molar-refractivity contribution in [2.24, 2.45) is 0 Å². The predicted octanol–water partition coefficient (Wildman–Crippen LogP) is 3.26. The SMILES string of the molecule is O=C(O)N[C@H]1CCN([C@H](c2ccc3nnc(-c4ccc5cccc(OCCO)c5n4)n3c2)C(F)(F)F)C1. The molecule has 10 nitrogen and oxygen atoms in total. The Bertz CT molecular complexity index is 1440. The first-order chi connectivity index (χ1) is 17.7. The molecule has 2 atom stereocenters.